The van der Waals surface area contributed by atoms with Gasteiger partial charge in [0.2, 0.25) is 0 Å². The van der Waals surface area contributed by atoms with Gasteiger partial charge < -0.3 is 4.55 Å². The highest BCUT2D eigenvalue weighted by atomic mass is 79.9. The molecule has 0 aliphatic heterocycles. The Labute approximate surface area is 133 Å². The molecule has 0 fully saturated rings. The molecule has 0 bridgehead atoms. The van der Waals surface area contributed by atoms with Crippen molar-refractivity contribution in [2.75, 3.05) is 0 Å². The highest BCUT2D eigenvalue weighted by Crippen LogP contribution is 2.30. The summed E-state index contributed by atoms with van der Waals surface area (Å²) in [7, 11) is 0. The van der Waals surface area contributed by atoms with Gasteiger partial charge in [0, 0.05) is 22.0 Å². The minimum absolute atomic E-state index is 0.331. The summed E-state index contributed by atoms with van der Waals surface area (Å²) in [5, 5.41) is 0. The van der Waals surface area contributed by atoms with E-state index in [1.54, 1.807) is 6.20 Å². The first-order valence-corrected chi connectivity index (χ1v) is 8.45. The van der Waals surface area contributed by atoms with Crippen molar-refractivity contribution in [3.05, 3.63) is 40.6 Å². The van der Waals surface area contributed by atoms with Crippen molar-refractivity contribution in [2.45, 2.75) is 51.3 Å². The maximum Gasteiger partial charge on any atom is 0.136 e. The van der Waals surface area contributed by atoms with Gasteiger partial charge in [0.25, 0.3) is 0 Å². The maximum atomic E-state index is 12.5. The second kappa shape index (κ2) is 6.60. The molecule has 0 aromatic carbocycles. The Morgan fingerprint density at radius 3 is 2.50 bits per heavy atom. The van der Waals surface area contributed by atoms with Crippen LogP contribution in [0.25, 0.3) is 0 Å². The van der Waals surface area contributed by atoms with E-state index in [0.29, 0.717) is 6.42 Å². The van der Waals surface area contributed by atoms with Gasteiger partial charge in [-0.05, 0) is 53.2 Å². The fraction of sp³-hybridized carbons (Fsp3) is 0.533. The van der Waals surface area contributed by atoms with Gasteiger partial charge in [-0.15, -0.1) is 11.3 Å². The molecule has 1 N–H and O–H groups in total. The van der Waals surface area contributed by atoms with Crippen molar-refractivity contribution in [2.24, 2.45) is 0 Å². The van der Waals surface area contributed by atoms with Crippen molar-refractivity contribution >= 4 is 27.3 Å². The lowest BCUT2D eigenvalue weighted by Gasteiger charge is -2.34. The third kappa shape index (κ3) is 4.88. The summed E-state index contributed by atoms with van der Waals surface area (Å²) < 4.78 is 16.3. The van der Waals surface area contributed by atoms with E-state index in [1.807, 2.05) is 46.8 Å². The van der Waals surface area contributed by atoms with Gasteiger partial charge >= 0.3 is 0 Å². The molecule has 0 spiro atoms. The van der Waals surface area contributed by atoms with Gasteiger partial charge in [0.15, 0.2) is 0 Å². The van der Waals surface area contributed by atoms with Crippen LogP contribution in [-0.4, -0.2) is 14.3 Å². The Balaban J connectivity index is 3.13. The molecule has 1 heterocycles. The zero-order valence-corrected chi connectivity index (χ0v) is 15.2. The molecule has 0 aliphatic carbocycles. The summed E-state index contributed by atoms with van der Waals surface area (Å²) >= 11 is 2.28. The fourth-order valence-corrected chi connectivity index (χ4v) is 3.07. The van der Waals surface area contributed by atoms with Crippen molar-refractivity contribution in [3.8, 4) is 0 Å². The zero-order chi connectivity index (χ0) is 15.6. The standard InChI is InChI=1S/C15H23BrN2OS/c1-11(2)10-15(6,18-20(19)14(3,4)5)13-9-12(16)7-8-17-13/h7-9,18H,1,10H2,2-6H3/t15-,20?/m0/s1. The number of hydrogen-bond acceptors (Lipinski definition) is 3. The van der Waals surface area contributed by atoms with Gasteiger partial charge in [0.1, 0.15) is 10.3 Å². The Morgan fingerprint density at radius 2 is 2.05 bits per heavy atom. The number of pyridine rings is 1. The third-order valence-electron chi connectivity index (χ3n) is 2.82. The van der Waals surface area contributed by atoms with Gasteiger partial charge in [-0.25, -0.2) is 0 Å². The average Bonchev–Trinajstić information content (AvgIpc) is 2.26. The lowest BCUT2D eigenvalue weighted by Crippen LogP contribution is -2.50. The van der Waals surface area contributed by atoms with Crippen molar-refractivity contribution in [1.82, 2.24) is 9.71 Å². The van der Waals surface area contributed by atoms with Crippen LogP contribution < -0.4 is 4.72 Å². The highest BCUT2D eigenvalue weighted by Gasteiger charge is 2.38. The van der Waals surface area contributed by atoms with Crippen LogP contribution in [-0.2, 0) is 16.9 Å². The van der Waals surface area contributed by atoms with Crippen molar-refractivity contribution < 1.29 is 4.55 Å². The van der Waals surface area contributed by atoms with Crippen LogP contribution in [0.5, 0.6) is 0 Å². The molecule has 0 radical (unpaired) electrons. The molecule has 2 atom stereocenters. The number of aromatic nitrogens is 1. The number of nitrogens with one attached hydrogen (secondary N) is 1. The topological polar surface area (TPSA) is 48.0 Å². The monoisotopic (exact) mass is 358 g/mol. The van der Waals surface area contributed by atoms with Gasteiger partial charge in [0.05, 0.1) is 5.69 Å². The molecule has 5 heteroatoms. The normalized spacial score (nSPS) is 16.6. The molecule has 0 amide bonds. The summed E-state index contributed by atoms with van der Waals surface area (Å²) in [4.78, 5) is 4.43. The zero-order valence-electron chi connectivity index (χ0n) is 12.8. The molecular weight excluding hydrogens is 336 g/mol. The summed E-state index contributed by atoms with van der Waals surface area (Å²) in [6.45, 7) is 13.8. The van der Waals surface area contributed by atoms with E-state index in [1.165, 1.54) is 0 Å². The SMILES string of the molecule is C=C(C)C[C@](C)(N[S+]([O-])C(C)(C)C)c1cc(Br)ccn1. The van der Waals surface area contributed by atoms with E-state index in [9.17, 15) is 4.55 Å². The van der Waals surface area contributed by atoms with E-state index in [-0.39, 0.29) is 4.75 Å². The van der Waals surface area contributed by atoms with Crippen LogP contribution in [0.4, 0.5) is 0 Å². The molecule has 0 saturated carbocycles. The summed E-state index contributed by atoms with van der Waals surface area (Å²) in [6, 6.07) is 3.83. The van der Waals surface area contributed by atoms with Crippen LogP contribution in [0.2, 0.25) is 0 Å². The Morgan fingerprint density at radius 1 is 1.45 bits per heavy atom. The molecule has 0 saturated heterocycles. The predicted octanol–water partition coefficient (Wildman–Crippen LogP) is 4.08. The highest BCUT2D eigenvalue weighted by molar-refractivity contribution is 9.10. The summed E-state index contributed by atoms with van der Waals surface area (Å²) in [6.07, 6.45) is 2.43. The van der Waals surface area contributed by atoms with Crippen LogP contribution in [0.15, 0.2) is 35.0 Å². The number of rotatable bonds is 5. The van der Waals surface area contributed by atoms with Crippen molar-refractivity contribution in [3.63, 3.8) is 0 Å². The number of halogens is 1. The fourth-order valence-electron chi connectivity index (χ4n) is 1.85. The first kappa shape index (κ1) is 17.7. The number of hydrogen-bond donors (Lipinski definition) is 1. The lowest BCUT2D eigenvalue weighted by molar-refractivity contribution is 0.407. The minimum Gasteiger partial charge on any atom is -0.598 e. The van der Waals surface area contributed by atoms with E-state index < -0.39 is 16.9 Å². The van der Waals surface area contributed by atoms with Crippen LogP contribution in [0.1, 0.15) is 46.7 Å². The Hall–Kier alpha value is -0.360. The first-order valence-electron chi connectivity index (χ1n) is 6.51. The van der Waals surface area contributed by atoms with Crippen LogP contribution in [0.3, 0.4) is 0 Å². The van der Waals surface area contributed by atoms with Gasteiger partial charge in [-0.3, -0.25) is 4.98 Å². The summed E-state index contributed by atoms with van der Waals surface area (Å²) in [5.41, 5.74) is 1.37. The Kier molecular flexibility index (Phi) is 5.84. The molecular formula is C15H23BrN2OS. The van der Waals surface area contributed by atoms with E-state index in [4.69, 9.17) is 0 Å². The second-order valence-electron chi connectivity index (χ2n) is 6.31. The molecule has 20 heavy (non-hydrogen) atoms. The van der Waals surface area contributed by atoms with E-state index >= 15 is 0 Å². The van der Waals surface area contributed by atoms with E-state index in [0.717, 1.165) is 15.7 Å². The van der Waals surface area contributed by atoms with Crippen LogP contribution >= 0.6 is 15.9 Å². The first-order chi connectivity index (χ1) is 9.04. The largest absolute Gasteiger partial charge is 0.598 e. The minimum atomic E-state index is -1.18. The lowest BCUT2D eigenvalue weighted by atomic mass is 9.91. The van der Waals surface area contributed by atoms with Gasteiger partial charge in [-0.1, -0.05) is 21.5 Å². The van der Waals surface area contributed by atoms with E-state index in [2.05, 4.69) is 32.2 Å². The molecule has 112 valence electrons. The molecule has 0 aliphatic rings. The molecule has 3 nitrogen and oxygen atoms in total. The third-order valence-corrected chi connectivity index (χ3v) is 5.06. The molecule has 1 aromatic rings. The molecule has 1 unspecified atom stereocenters. The van der Waals surface area contributed by atoms with Crippen molar-refractivity contribution in [1.29, 1.82) is 0 Å². The molecule has 1 rings (SSSR count). The van der Waals surface area contributed by atoms with Gasteiger partial charge in [-0.2, -0.15) is 0 Å². The summed E-state index contributed by atoms with van der Waals surface area (Å²) in [5.74, 6) is 0. The maximum absolute atomic E-state index is 12.5. The van der Waals surface area contributed by atoms with Crippen LogP contribution in [0, 0.1) is 0 Å². The average molecular weight is 359 g/mol. The molecule has 1 aromatic heterocycles. The Bertz CT molecular complexity index is 487. The number of nitrogens with zero attached hydrogens (tertiary/aromatic N) is 1. The smallest absolute Gasteiger partial charge is 0.136 e. The quantitative estimate of drug-likeness (QED) is 0.637. The second-order valence-corrected chi connectivity index (χ2v) is 9.19. The predicted molar refractivity (Wildman–Crippen MR) is 89.8 cm³/mol.